The molecule has 0 radical (unpaired) electrons. The average molecular weight is 368 g/mol. The van der Waals surface area contributed by atoms with Gasteiger partial charge in [-0.15, -0.1) is 0 Å². The van der Waals surface area contributed by atoms with Crippen molar-refractivity contribution in [3.63, 3.8) is 0 Å². The summed E-state index contributed by atoms with van der Waals surface area (Å²) < 4.78 is 0. The monoisotopic (exact) mass is 367 g/mol. The molecule has 2 N–H and O–H groups in total. The van der Waals surface area contributed by atoms with Gasteiger partial charge in [-0.25, -0.2) is 0 Å². The van der Waals surface area contributed by atoms with Gasteiger partial charge in [-0.05, 0) is 29.8 Å². The molecule has 3 rings (SSSR count). The third-order valence-electron chi connectivity index (χ3n) is 3.92. The Morgan fingerprint density at radius 3 is 2.65 bits per heavy atom. The third-order valence-corrected chi connectivity index (χ3v) is 4.16. The number of rotatable bonds is 5. The number of anilines is 1. The molecule has 6 heteroatoms. The number of carbonyl (C=O) groups is 2. The Hall–Kier alpha value is -2.92. The Labute approximate surface area is 156 Å². The van der Waals surface area contributed by atoms with Gasteiger partial charge in [0, 0.05) is 23.5 Å². The van der Waals surface area contributed by atoms with Crippen LogP contribution in [0.4, 0.5) is 5.69 Å². The van der Waals surface area contributed by atoms with Crippen LogP contribution in [0.15, 0.2) is 60.8 Å². The van der Waals surface area contributed by atoms with Crippen LogP contribution in [0.2, 0.25) is 5.02 Å². The van der Waals surface area contributed by atoms with E-state index in [-0.39, 0.29) is 18.2 Å². The normalized spacial score (nSPS) is 11.8. The van der Waals surface area contributed by atoms with E-state index < -0.39 is 6.04 Å². The quantitative estimate of drug-likeness (QED) is 0.713. The predicted octanol–water partition coefficient (Wildman–Crippen LogP) is 4.09. The van der Waals surface area contributed by atoms with E-state index in [1.807, 2.05) is 30.3 Å². The van der Waals surface area contributed by atoms with Crippen LogP contribution in [0.5, 0.6) is 0 Å². The van der Waals surface area contributed by atoms with E-state index in [9.17, 15) is 9.59 Å². The van der Waals surface area contributed by atoms with E-state index in [0.29, 0.717) is 10.7 Å². The Morgan fingerprint density at radius 1 is 1.12 bits per heavy atom. The zero-order chi connectivity index (χ0) is 18.5. The van der Waals surface area contributed by atoms with Crippen LogP contribution in [-0.4, -0.2) is 16.8 Å². The number of hydrogen-bond donors (Lipinski definition) is 2. The second kappa shape index (κ2) is 7.97. The number of halogens is 1. The van der Waals surface area contributed by atoms with E-state index in [2.05, 4.69) is 15.6 Å². The van der Waals surface area contributed by atoms with E-state index in [1.54, 1.807) is 30.5 Å². The minimum absolute atomic E-state index is 0.0865. The lowest BCUT2D eigenvalue weighted by Crippen LogP contribution is -2.29. The largest absolute Gasteiger partial charge is 0.349 e. The summed E-state index contributed by atoms with van der Waals surface area (Å²) >= 11 is 6.04. The molecule has 0 fully saturated rings. The van der Waals surface area contributed by atoms with Gasteiger partial charge >= 0.3 is 0 Å². The minimum Gasteiger partial charge on any atom is -0.349 e. The number of aromatic nitrogens is 1. The number of hydrogen-bond acceptors (Lipinski definition) is 3. The predicted molar refractivity (Wildman–Crippen MR) is 103 cm³/mol. The summed E-state index contributed by atoms with van der Waals surface area (Å²) in [4.78, 5) is 28.5. The molecule has 1 heterocycles. The summed E-state index contributed by atoms with van der Waals surface area (Å²) in [7, 11) is 0. The summed E-state index contributed by atoms with van der Waals surface area (Å²) in [6.07, 6.45) is 1.77. The van der Waals surface area contributed by atoms with Crippen LogP contribution < -0.4 is 10.6 Å². The molecule has 0 saturated heterocycles. The van der Waals surface area contributed by atoms with Gasteiger partial charge in [0.25, 0.3) is 0 Å². The third kappa shape index (κ3) is 4.37. The van der Waals surface area contributed by atoms with Crippen molar-refractivity contribution in [2.45, 2.75) is 19.4 Å². The number of amides is 2. The van der Waals surface area contributed by atoms with Crippen LogP contribution in [0, 0.1) is 0 Å². The number of fused-ring (bicyclic) bond motifs is 1. The van der Waals surface area contributed by atoms with Gasteiger partial charge in [-0.2, -0.15) is 0 Å². The van der Waals surface area contributed by atoms with Gasteiger partial charge in [0.1, 0.15) is 0 Å². The number of pyridine rings is 1. The van der Waals surface area contributed by atoms with Gasteiger partial charge in [0.05, 0.1) is 23.7 Å². The molecule has 132 valence electrons. The molecule has 5 nitrogen and oxygen atoms in total. The Bertz CT molecular complexity index is 953. The molecule has 26 heavy (non-hydrogen) atoms. The molecule has 0 bridgehead atoms. The lowest BCUT2D eigenvalue weighted by molar-refractivity contribution is -0.120. The number of benzene rings is 2. The maximum atomic E-state index is 12.6. The van der Waals surface area contributed by atoms with Gasteiger partial charge < -0.3 is 10.6 Å². The molecule has 3 aromatic rings. The zero-order valence-corrected chi connectivity index (χ0v) is 15.0. The number of carbonyl (C=O) groups excluding carboxylic acids is 2. The van der Waals surface area contributed by atoms with Gasteiger partial charge in [-0.1, -0.05) is 41.9 Å². The molecular weight excluding hydrogens is 350 g/mol. The molecule has 0 aliphatic rings. The van der Waals surface area contributed by atoms with Crippen molar-refractivity contribution in [3.8, 4) is 0 Å². The van der Waals surface area contributed by atoms with E-state index in [0.717, 1.165) is 16.5 Å². The highest BCUT2D eigenvalue weighted by Gasteiger charge is 2.18. The molecule has 2 aromatic carbocycles. The van der Waals surface area contributed by atoms with Crippen LogP contribution >= 0.6 is 11.6 Å². The fraction of sp³-hybridized carbons (Fsp3) is 0.150. The first kappa shape index (κ1) is 17.9. The van der Waals surface area contributed by atoms with Gasteiger partial charge in [0.2, 0.25) is 11.8 Å². The van der Waals surface area contributed by atoms with E-state index in [4.69, 9.17) is 11.6 Å². The van der Waals surface area contributed by atoms with Crippen LogP contribution in [-0.2, 0) is 9.59 Å². The van der Waals surface area contributed by atoms with Crippen molar-refractivity contribution in [2.75, 3.05) is 5.32 Å². The maximum absolute atomic E-state index is 12.6. The van der Waals surface area contributed by atoms with Crippen molar-refractivity contribution >= 4 is 40.0 Å². The SMILES string of the molecule is CC(=O)NC(CC(=O)Nc1cccc2cccnc12)c1cccc(Cl)c1. The smallest absolute Gasteiger partial charge is 0.226 e. The Kier molecular flexibility index (Phi) is 5.49. The lowest BCUT2D eigenvalue weighted by Gasteiger charge is -2.18. The van der Waals surface area contributed by atoms with Crippen molar-refractivity contribution in [1.29, 1.82) is 0 Å². The van der Waals surface area contributed by atoms with Crippen LogP contribution in [0.25, 0.3) is 10.9 Å². The highest BCUT2D eigenvalue weighted by atomic mass is 35.5. The number of nitrogens with zero attached hydrogens (tertiary/aromatic N) is 1. The van der Waals surface area contributed by atoms with E-state index in [1.165, 1.54) is 6.92 Å². The number of para-hydroxylation sites is 1. The second-order valence-corrected chi connectivity index (χ2v) is 6.38. The van der Waals surface area contributed by atoms with Gasteiger partial charge in [-0.3, -0.25) is 14.6 Å². The van der Waals surface area contributed by atoms with Gasteiger partial charge in [0.15, 0.2) is 0 Å². The van der Waals surface area contributed by atoms with Crippen molar-refractivity contribution in [2.24, 2.45) is 0 Å². The first-order valence-corrected chi connectivity index (χ1v) is 8.57. The van der Waals surface area contributed by atoms with Crippen molar-refractivity contribution < 1.29 is 9.59 Å². The molecule has 0 spiro atoms. The van der Waals surface area contributed by atoms with Crippen molar-refractivity contribution in [1.82, 2.24) is 10.3 Å². The first-order chi connectivity index (χ1) is 12.5. The minimum atomic E-state index is -0.464. The molecule has 2 amide bonds. The fourth-order valence-corrected chi connectivity index (χ4v) is 3.01. The molecule has 0 aliphatic heterocycles. The second-order valence-electron chi connectivity index (χ2n) is 5.94. The summed E-state index contributed by atoms with van der Waals surface area (Å²) in [5.74, 6) is -0.434. The average Bonchev–Trinajstić information content (AvgIpc) is 2.61. The van der Waals surface area contributed by atoms with Crippen LogP contribution in [0.1, 0.15) is 24.9 Å². The molecule has 1 atom stereocenters. The molecule has 1 unspecified atom stereocenters. The first-order valence-electron chi connectivity index (χ1n) is 8.19. The Balaban J connectivity index is 1.80. The highest BCUT2D eigenvalue weighted by molar-refractivity contribution is 6.30. The maximum Gasteiger partial charge on any atom is 0.226 e. The van der Waals surface area contributed by atoms with E-state index >= 15 is 0 Å². The standard InChI is InChI=1S/C20H18ClN3O2/c1-13(25)23-18(15-6-2-8-16(21)11-15)12-19(26)24-17-9-3-5-14-7-4-10-22-20(14)17/h2-11,18H,12H2,1H3,(H,23,25)(H,24,26). The molecular formula is C20H18ClN3O2. The summed E-state index contributed by atoms with van der Waals surface area (Å²) in [6, 6.07) is 16.0. The van der Waals surface area contributed by atoms with Crippen LogP contribution in [0.3, 0.4) is 0 Å². The molecule has 0 saturated carbocycles. The highest BCUT2D eigenvalue weighted by Crippen LogP contribution is 2.24. The summed E-state index contributed by atoms with van der Waals surface area (Å²) in [5.41, 5.74) is 2.14. The lowest BCUT2D eigenvalue weighted by atomic mass is 10.0. The summed E-state index contributed by atoms with van der Waals surface area (Å²) in [5, 5.41) is 7.19. The van der Waals surface area contributed by atoms with Crippen molar-refractivity contribution in [3.05, 3.63) is 71.4 Å². The number of nitrogens with one attached hydrogen (secondary N) is 2. The Morgan fingerprint density at radius 2 is 1.88 bits per heavy atom. The zero-order valence-electron chi connectivity index (χ0n) is 14.2. The molecule has 0 aliphatic carbocycles. The topological polar surface area (TPSA) is 71.1 Å². The molecule has 1 aromatic heterocycles. The fourth-order valence-electron chi connectivity index (χ4n) is 2.81. The summed E-state index contributed by atoms with van der Waals surface area (Å²) in [6.45, 7) is 1.42.